The first-order chi connectivity index (χ1) is 13.6. The van der Waals surface area contributed by atoms with Gasteiger partial charge < -0.3 is 24.4 Å². The molecule has 0 saturated carbocycles. The predicted molar refractivity (Wildman–Crippen MR) is 113 cm³/mol. The lowest BCUT2D eigenvalue weighted by Gasteiger charge is -2.21. The van der Waals surface area contributed by atoms with Crippen molar-refractivity contribution in [1.82, 2.24) is 15.2 Å². The van der Waals surface area contributed by atoms with Crippen LogP contribution in [0.1, 0.15) is 29.3 Å². The second kappa shape index (κ2) is 11.6. The van der Waals surface area contributed by atoms with E-state index >= 15 is 0 Å². The molecular weight excluding hydrogens is 376 g/mol. The number of guanidine groups is 1. The predicted octanol–water partition coefficient (Wildman–Crippen LogP) is 3.08. The Kier molecular flexibility index (Phi) is 9.19. The molecule has 0 fully saturated rings. The summed E-state index contributed by atoms with van der Waals surface area (Å²) in [4.78, 5) is 11.1. The van der Waals surface area contributed by atoms with Gasteiger partial charge in [0, 0.05) is 40.2 Å². The SMILES string of the molecule is CN=C(NCc1ccc(OCCOC)cc1)N(C)Cc1csc(C(C)OC)n1. The number of rotatable bonds is 10. The third-order valence-corrected chi connectivity index (χ3v) is 5.23. The highest BCUT2D eigenvalue weighted by Gasteiger charge is 2.12. The van der Waals surface area contributed by atoms with Crippen LogP contribution in [0.2, 0.25) is 0 Å². The number of methoxy groups -OCH3 is 2. The first-order valence-electron chi connectivity index (χ1n) is 9.17. The number of ether oxygens (including phenoxy) is 3. The third kappa shape index (κ3) is 6.78. The van der Waals surface area contributed by atoms with E-state index in [4.69, 9.17) is 14.2 Å². The molecule has 7 nitrogen and oxygen atoms in total. The van der Waals surface area contributed by atoms with Gasteiger partial charge in [-0.1, -0.05) is 12.1 Å². The van der Waals surface area contributed by atoms with E-state index in [1.807, 2.05) is 38.2 Å². The smallest absolute Gasteiger partial charge is 0.194 e. The number of nitrogens with one attached hydrogen (secondary N) is 1. The fraction of sp³-hybridized carbons (Fsp3) is 0.500. The average molecular weight is 407 g/mol. The highest BCUT2D eigenvalue weighted by Crippen LogP contribution is 2.21. The van der Waals surface area contributed by atoms with Crippen LogP contribution in [0, 0.1) is 0 Å². The Bertz CT molecular complexity index is 733. The minimum absolute atomic E-state index is 0.0166. The summed E-state index contributed by atoms with van der Waals surface area (Å²) in [6, 6.07) is 8.02. The Morgan fingerprint density at radius 2 is 2.00 bits per heavy atom. The summed E-state index contributed by atoms with van der Waals surface area (Å²) < 4.78 is 15.9. The van der Waals surface area contributed by atoms with Crippen molar-refractivity contribution in [3.8, 4) is 5.75 Å². The van der Waals surface area contributed by atoms with Crippen LogP contribution in [0.4, 0.5) is 0 Å². The molecule has 1 N–H and O–H groups in total. The first kappa shape index (κ1) is 22.1. The van der Waals surface area contributed by atoms with Crippen LogP contribution in [-0.2, 0) is 22.6 Å². The van der Waals surface area contributed by atoms with E-state index in [2.05, 4.69) is 25.6 Å². The average Bonchev–Trinajstić information content (AvgIpc) is 3.17. The number of hydrogen-bond acceptors (Lipinski definition) is 6. The van der Waals surface area contributed by atoms with Crippen molar-refractivity contribution >= 4 is 17.3 Å². The number of thiazole rings is 1. The molecule has 0 aliphatic heterocycles. The zero-order valence-corrected chi connectivity index (χ0v) is 18.1. The van der Waals surface area contributed by atoms with E-state index in [0.717, 1.165) is 28.0 Å². The van der Waals surface area contributed by atoms with E-state index in [0.29, 0.717) is 26.3 Å². The van der Waals surface area contributed by atoms with Crippen LogP contribution in [0.25, 0.3) is 0 Å². The summed E-state index contributed by atoms with van der Waals surface area (Å²) in [6.45, 7) is 4.49. The van der Waals surface area contributed by atoms with Crippen molar-refractivity contribution in [3.63, 3.8) is 0 Å². The molecule has 1 heterocycles. The van der Waals surface area contributed by atoms with E-state index in [1.54, 1.807) is 32.6 Å². The fourth-order valence-electron chi connectivity index (χ4n) is 2.51. The first-order valence-corrected chi connectivity index (χ1v) is 10.0. The molecule has 0 saturated heterocycles. The highest BCUT2D eigenvalue weighted by molar-refractivity contribution is 7.09. The Morgan fingerprint density at radius 1 is 1.25 bits per heavy atom. The number of hydrogen-bond donors (Lipinski definition) is 1. The summed E-state index contributed by atoms with van der Waals surface area (Å²) in [5, 5.41) is 6.44. The molecule has 0 bridgehead atoms. The van der Waals surface area contributed by atoms with Gasteiger partial charge in [0.2, 0.25) is 0 Å². The third-order valence-electron chi connectivity index (χ3n) is 4.17. The molecule has 0 amide bonds. The van der Waals surface area contributed by atoms with Gasteiger partial charge in [-0.3, -0.25) is 4.99 Å². The Morgan fingerprint density at radius 3 is 2.64 bits per heavy atom. The fourth-order valence-corrected chi connectivity index (χ4v) is 3.35. The lowest BCUT2D eigenvalue weighted by molar-refractivity contribution is 0.119. The number of aliphatic imine (C=N–C) groups is 1. The zero-order chi connectivity index (χ0) is 20.4. The Hall–Kier alpha value is -2.16. The largest absolute Gasteiger partial charge is 0.491 e. The van der Waals surface area contributed by atoms with Crippen LogP contribution < -0.4 is 10.1 Å². The summed E-state index contributed by atoms with van der Waals surface area (Å²) >= 11 is 1.62. The molecule has 1 aromatic heterocycles. The van der Waals surface area contributed by atoms with Crippen LogP contribution in [0.3, 0.4) is 0 Å². The van der Waals surface area contributed by atoms with E-state index in [1.165, 1.54) is 0 Å². The number of benzene rings is 1. The van der Waals surface area contributed by atoms with Gasteiger partial charge in [0.25, 0.3) is 0 Å². The molecule has 2 aromatic rings. The standard InChI is InChI=1S/C20H30N4O3S/c1-15(26-5)19-23-17(14-28-19)13-24(3)20(21-2)22-12-16-6-8-18(9-7-16)27-11-10-25-4/h6-9,14-15H,10-13H2,1-5H3,(H,21,22). The van der Waals surface area contributed by atoms with E-state index in [-0.39, 0.29) is 6.10 Å². The molecule has 0 aliphatic rings. The maximum absolute atomic E-state index is 5.59. The van der Waals surface area contributed by atoms with Crippen molar-refractivity contribution in [1.29, 1.82) is 0 Å². The lowest BCUT2D eigenvalue weighted by atomic mass is 10.2. The molecular formula is C20H30N4O3S. The van der Waals surface area contributed by atoms with E-state index < -0.39 is 0 Å². The minimum Gasteiger partial charge on any atom is -0.491 e. The summed E-state index contributed by atoms with van der Waals surface area (Å²) in [5.41, 5.74) is 2.16. The highest BCUT2D eigenvalue weighted by atomic mass is 32.1. The van der Waals surface area contributed by atoms with Gasteiger partial charge in [-0.25, -0.2) is 4.98 Å². The normalized spacial score (nSPS) is 12.7. The van der Waals surface area contributed by atoms with Gasteiger partial charge in [-0.2, -0.15) is 0 Å². The molecule has 1 aromatic carbocycles. The molecule has 2 rings (SSSR count). The van der Waals surface area contributed by atoms with Gasteiger partial charge >= 0.3 is 0 Å². The van der Waals surface area contributed by atoms with Gasteiger partial charge in [0.1, 0.15) is 23.5 Å². The molecule has 154 valence electrons. The van der Waals surface area contributed by atoms with E-state index in [9.17, 15) is 0 Å². The molecule has 28 heavy (non-hydrogen) atoms. The summed E-state index contributed by atoms with van der Waals surface area (Å²) in [6.07, 6.45) is 0.0166. The van der Waals surface area contributed by atoms with Crippen molar-refractivity contribution in [3.05, 3.63) is 45.9 Å². The van der Waals surface area contributed by atoms with Crippen LogP contribution >= 0.6 is 11.3 Å². The van der Waals surface area contributed by atoms with Gasteiger partial charge in [0.05, 0.1) is 18.8 Å². The van der Waals surface area contributed by atoms with Crippen molar-refractivity contribution in [2.45, 2.75) is 26.1 Å². The molecule has 0 spiro atoms. The molecule has 1 atom stereocenters. The topological polar surface area (TPSA) is 68.2 Å². The Labute approximate surface area is 171 Å². The van der Waals surface area contributed by atoms with Crippen molar-refractivity contribution in [2.75, 3.05) is 41.5 Å². The Balaban J connectivity index is 1.85. The molecule has 1 unspecified atom stereocenters. The van der Waals surface area contributed by atoms with Gasteiger partial charge in [-0.15, -0.1) is 11.3 Å². The van der Waals surface area contributed by atoms with Crippen LogP contribution in [0.5, 0.6) is 5.75 Å². The summed E-state index contributed by atoms with van der Waals surface area (Å²) in [7, 11) is 7.14. The second-order valence-electron chi connectivity index (χ2n) is 6.30. The molecule has 8 heteroatoms. The summed E-state index contributed by atoms with van der Waals surface area (Å²) in [5.74, 6) is 1.65. The van der Waals surface area contributed by atoms with Crippen molar-refractivity contribution in [2.24, 2.45) is 4.99 Å². The van der Waals surface area contributed by atoms with Crippen molar-refractivity contribution < 1.29 is 14.2 Å². The quantitative estimate of drug-likeness (QED) is 0.372. The monoisotopic (exact) mass is 406 g/mol. The molecule has 0 aliphatic carbocycles. The zero-order valence-electron chi connectivity index (χ0n) is 17.3. The number of nitrogens with zero attached hydrogens (tertiary/aromatic N) is 3. The lowest BCUT2D eigenvalue weighted by Crippen LogP contribution is -2.38. The maximum atomic E-state index is 5.59. The van der Waals surface area contributed by atoms with Crippen LogP contribution in [-0.4, -0.2) is 57.4 Å². The van der Waals surface area contributed by atoms with Crippen LogP contribution in [0.15, 0.2) is 34.6 Å². The minimum atomic E-state index is 0.0166. The molecule has 0 radical (unpaired) electrons. The maximum Gasteiger partial charge on any atom is 0.194 e. The van der Waals surface area contributed by atoms with Gasteiger partial charge in [-0.05, 0) is 24.6 Å². The van der Waals surface area contributed by atoms with Gasteiger partial charge in [0.15, 0.2) is 5.96 Å². The second-order valence-corrected chi connectivity index (χ2v) is 7.19. The number of aromatic nitrogens is 1.